The van der Waals surface area contributed by atoms with E-state index in [1.54, 1.807) is 12.1 Å². The maximum atomic E-state index is 11.9. The summed E-state index contributed by atoms with van der Waals surface area (Å²) in [6.45, 7) is 1.88. The van der Waals surface area contributed by atoms with Crippen LogP contribution in [0.15, 0.2) is 29.2 Å². The van der Waals surface area contributed by atoms with Gasteiger partial charge in [0.2, 0.25) is 0 Å². The van der Waals surface area contributed by atoms with Crippen molar-refractivity contribution < 1.29 is 8.42 Å². The number of hydrogen-bond acceptors (Lipinski definition) is 4. The van der Waals surface area contributed by atoms with Crippen molar-refractivity contribution in [1.82, 2.24) is 0 Å². The highest BCUT2D eigenvalue weighted by molar-refractivity contribution is 7.99. The lowest BCUT2D eigenvalue weighted by Crippen LogP contribution is -2.18. The molecule has 1 saturated heterocycles. The van der Waals surface area contributed by atoms with Crippen molar-refractivity contribution in [2.24, 2.45) is 0 Å². The Morgan fingerprint density at radius 2 is 2.06 bits per heavy atom. The van der Waals surface area contributed by atoms with Crippen molar-refractivity contribution in [2.45, 2.75) is 30.7 Å². The number of rotatable bonds is 5. The molecule has 1 aromatic carbocycles. The fourth-order valence-electron chi connectivity index (χ4n) is 2.03. The molecule has 1 N–H and O–H groups in total. The number of anilines is 1. The second kappa shape index (κ2) is 5.97. The van der Waals surface area contributed by atoms with Gasteiger partial charge in [-0.05, 0) is 42.9 Å². The summed E-state index contributed by atoms with van der Waals surface area (Å²) in [5, 5.41) is 3.44. The highest BCUT2D eigenvalue weighted by Crippen LogP contribution is 2.22. The van der Waals surface area contributed by atoms with E-state index in [2.05, 4.69) is 5.32 Å². The maximum absolute atomic E-state index is 11.9. The first kappa shape index (κ1) is 13.7. The number of nitrogens with one attached hydrogen (secondary N) is 1. The van der Waals surface area contributed by atoms with E-state index >= 15 is 0 Å². The van der Waals surface area contributed by atoms with Crippen molar-refractivity contribution in [3.8, 4) is 0 Å². The van der Waals surface area contributed by atoms with Gasteiger partial charge in [0.1, 0.15) is 0 Å². The molecule has 1 aliphatic heterocycles. The minimum Gasteiger partial charge on any atom is -0.381 e. The lowest BCUT2D eigenvalue weighted by molar-refractivity contribution is 0.595. The van der Waals surface area contributed by atoms with Crippen molar-refractivity contribution in [3.05, 3.63) is 24.3 Å². The number of thioether (sulfide) groups is 1. The summed E-state index contributed by atoms with van der Waals surface area (Å²) >= 11 is 1.96. The first-order chi connectivity index (χ1) is 8.62. The molecule has 3 nitrogen and oxygen atoms in total. The van der Waals surface area contributed by atoms with Gasteiger partial charge in [-0.25, -0.2) is 8.42 Å². The van der Waals surface area contributed by atoms with E-state index < -0.39 is 9.84 Å². The first-order valence-electron chi connectivity index (χ1n) is 6.29. The van der Waals surface area contributed by atoms with E-state index in [0.29, 0.717) is 17.4 Å². The summed E-state index contributed by atoms with van der Waals surface area (Å²) in [4.78, 5) is 0.427. The summed E-state index contributed by atoms with van der Waals surface area (Å²) in [6.07, 6.45) is 1.84. The lowest BCUT2D eigenvalue weighted by Gasteiger charge is -2.13. The molecule has 0 radical (unpaired) electrons. The smallest absolute Gasteiger partial charge is 0.178 e. The fraction of sp³-hybridized carbons (Fsp3) is 0.538. The highest BCUT2D eigenvalue weighted by Gasteiger charge is 2.16. The van der Waals surface area contributed by atoms with E-state index in [-0.39, 0.29) is 5.75 Å². The summed E-state index contributed by atoms with van der Waals surface area (Å²) in [7, 11) is -3.09. The fourth-order valence-corrected chi connectivity index (χ4v) is 4.51. The molecule has 1 aliphatic rings. The average molecular weight is 285 g/mol. The predicted molar refractivity (Wildman–Crippen MR) is 78.1 cm³/mol. The van der Waals surface area contributed by atoms with Crippen LogP contribution in [-0.2, 0) is 9.84 Å². The number of sulfone groups is 1. The van der Waals surface area contributed by atoms with Crippen LogP contribution in [-0.4, -0.2) is 31.7 Å². The molecule has 1 aromatic rings. The van der Waals surface area contributed by atoms with Crippen LogP contribution in [0.3, 0.4) is 0 Å². The van der Waals surface area contributed by atoms with Crippen LogP contribution in [0.25, 0.3) is 0 Å². The third-order valence-electron chi connectivity index (χ3n) is 2.99. The van der Waals surface area contributed by atoms with E-state index in [0.717, 1.165) is 11.4 Å². The van der Waals surface area contributed by atoms with Crippen molar-refractivity contribution >= 4 is 27.3 Å². The molecule has 5 heteroatoms. The molecule has 0 saturated carbocycles. The molecule has 1 heterocycles. The summed E-state index contributed by atoms with van der Waals surface area (Å²) in [5.74, 6) is 2.57. The normalized spacial score (nSPS) is 19.9. The van der Waals surface area contributed by atoms with Crippen LogP contribution in [0, 0.1) is 0 Å². The van der Waals surface area contributed by atoms with E-state index in [1.165, 1.54) is 12.2 Å². The van der Waals surface area contributed by atoms with Gasteiger partial charge in [0.25, 0.3) is 0 Å². The topological polar surface area (TPSA) is 46.2 Å². The Hall–Kier alpha value is -0.680. The Kier molecular flexibility index (Phi) is 4.56. The quantitative estimate of drug-likeness (QED) is 0.903. The molecule has 1 fully saturated rings. The molecule has 0 aromatic heterocycles. The molecule has 100 valence electrons. The Balaban J connectivity index is 2.05. The van der Waals surface area contributed by atoms with Crippen LogP contribution in [0.2, 0.25) is 0 Å². The largest absolute Gasteiger partial charge is 0.381 e. The zero-order valence-electron chi connectivity index (χ0n) is 10.6. The lowest BCUT2D eigenvalue weighted by atomic mass is 10.2. The first-order valence-corrected chi connectivity index (χ1v) is 9.09. The highest BCUT2D eigenvalue weighted by atomic mass is 32.2. The summed E-state index contributed by atoms with van der Waals surface area (Å²) in [5.41, 5.74) is 1.01. The molecular weight excluding hydrogens is 266 g/mol. The van der Waals surface area contributed by atoms with Gasteiger partial charge in [-0.15, -0.1) is 0 Å². The van der Waals surface area contributed by atoms with Gasteiger partial charge in [0.15, 0.2) is 9.84 Å². The molecule has 1 unspecified atom stereocenters. The summed E-state index contributed by atoms with van der Waals surface area (Å²) < 4.78 is 23.7. The zero-order valence-corrected chi connectivity index (χ0v) is 12.2. The monoisotopic (exact) mass is 285 g/mol. The molecule has 0 amide bonds. The molecule has 2 rings (SSSR count). The SMILES string of the molecule is CCCS(=O)(=O)c1ccc(NC2CCSC2)cc1. The molecule has 0 bridgehead atoms. The van der Waals surface area contributed by atoms with Crippen molar-refractivity contribution in [1.29, 1.82) is 0 Å². The second-order valence-electron chi connectivity index (χ2n) is 4.55. The Labute approximate surface area is 113 Å². The Bertz CT molecular complexity index is 476. The predicted octanol–water partition coefficient (Wildman–Crippen LogP) is 2.79. The van der Waals surface area contributed by atoms with Gasteiger partial charge in [-0.3, -0.25) is 0 Å². The average Bonchev–Trinajstić information content (AvgIpc) is 2.82. The summed E-state index contributed by atoms with van der Waals surface area (Å²) in [6, 6.07) is 7.66. The van der Waals surface area contributed by atoms with Crippen LogP contribution < -0.4 is 5.32 Å². The van der Waals surface area contributed by atoms with E-state index in [9.17, 15) is 8.42 Å². The second-order valence-corrected chi connectivity index (χ2v) is 7.81. The van der Waals surface area contributed by atoms with Gasteiger partial charge >= 0.3 is 0 Å². The van der Waals surface area contributed by atoms with Crippen molar-refractivity contribution in [2.75, 3.05) is 22.6 Å². The molecule has 18 heavy (non-hydrogen) atoms. The maximum Gasteiger partial charge on any atom is 0.178 e. The third kappa shape index (κ3) is 3.42. The Morgan fingerprint density at radius 3 is 2.61 bits per heavy atom. The van der Waals surface area contributed by atoms with Crippen LogP contribution in [0.1, 0.15) is 19.8 Å². The van der Waals surface area contributed by atoms with Gasteiger partial charge in [-0.1, -0.05) is 6.92 Å². The molecule has 0 spiro atoms. The van der Waals surface area contributed by atoms with Crippen LogP contribution >= 0.6 is 11.8 Å². The van der Waals surface area contributed by atoms with Gasteiger partial charge in [0.05, 0.1) is 10.6 Å². The minimum atomic E-state index is -3.09. The van der Waals surface area contributed by atoms with Crippen LogP contribution in [0.5, 0.6) is 0 Å². The van der Waals surface area contributed by atoms with Gasteiger partial charge in [-0.2, -0.15) is 11.8 Å². The van der Waals surface area contributed by atoms with E-state index in [1.807, 2.05) is 30.8 Å². The Morgan fingerprint density at radius 1 is 1.33 bits per heavy atom. The van der Waals surface area contributed by atoms with Gasteiger partial charge in [0, 0.05) is 17.5 Å². The number of benzene rings is 1. The molecule has 1 atom stereocenters. The molecule has 0 aliphatic carbocycles. The minimum absolute atomic E-state index is 0.221. The van der Waals surface area contributed by atoms with Crippen LogP contribution in [0.4, 0.5) is 5.69 Å². The van der Waals surface area contributed by atoms with E-state index in [4.69, 9.17) is 0 Å². The van der Waals surface area contributed by atoms with Gasteiger partial charge < -0.3 is 5.32 Å². The number of hydrogen-bond donors (Lipinski definition) is 1. The molecular formula is C13H19NO2S2. The third-order valence-corrected chi connectivity index (χ3v) is 6.09. The zero-order chi connectivity index (χ0) is 13.0. The standard InChI is InChI=1S/C13H19NO2S2/c1-2-9-18(15,16)13-5-3-11(4-6-13)14-12-7-8-17-10-12/h3-6,12,14H,2,7-10H2,1H3. The van der Waals surface area contributed by atoms with Crippen molar-refractivity contribution in [3.63, 3.8) is 0 Å².